The zero-order valence-electron chi connectivity index (χ0n) is 18.0. The molecule has 1 aromatic carbocycles. The molecule has 3 rings (SSSR count). The third-order valence-electron chi connectivity index (χ3n) is 5.48. The molecule has 0 saturated carbocycles. The Morgan fingerprint density at radius 3 is 2.48 bits per heavy atom. The molecule has 0 saturated heterocycles. The summed E-state index contributed by atoms with van der Waals surface area (Å²) in [5.41, 5.74) is -1.27. The molecule has 2 heterocycles. The second kappa shape index (κ2) is 8.46. The number of rotatable bonds is 5. The van der Waals surface area contributed by atoms with Crippen LogP contribution >= 0.6 is 0 Å². The number of aromatic hydroxyl groups is 1. The summed E-state index contributed by atoms with van der Waals surface area (Å²) in [7, 11) is 3.33. The third-order valence-corrected chi connectivity index (χ3v) is 5.48. The van der Waals surface area contributed by atoms with Gasteiger partial charge in [0.2, 0.25) is 11.7 Å². The lowest BCUT2D eigenvalue weighted by molar-refractivity contribution is -0.132. The summed E-state index contributed by atoms with van der Waals surface area (Å²) >= 11 is 0. The molecule has 0 atom stereocenters. The standard InChI is InChI=1S/C21H26FN5O4/c1-21(2)20-24-16(18(30)23-11-13-5-7-14(22)8-6-13)17(29)19(31)27(20)10-9-26(21)12-15(28)25(3)4/h5-8,29H,9-12H2,1-4H3,(H,23,30). The number of carbonyl (C=O) groups is 2. The summed E-state index contributed by atoms with van der Waals surface area (Å²) in [5.74, 6) is -1.65. The van der Waals surface area contributed by atoms with Crippen LogP contribution in [0.4, 0.5) is 4.39 Å². The largest absolute Gasteiger partial charge is 0.501 e. The molecule has 166 valence electrons. The van der Waals surface area contributed by atoms with Crippen molar-refractivity contribution in [3.8, 4) is 5.75 Å². The summed E-state index contributed by atoms with van der Waals surface area (Å²) in [5, 5.41) is 12.9. The van der Waals surface area contributed by atoms with E-state index in [1.165, 1.54) is 33.7 Å². The van der Waals surface area contributed by atoms with Crippen molar-refractivity contribution in [3.05, 3.63) is 57.5 Å². The average Bonchev–Trinajstić information content (AvgIpc) is 2.71. The molecule has 9 nitrogen and oxygen atoms in total. The Labute approximate surface area is 179 Å². The number of fused-ring (bicyclic) bond motifs is 1. The Balaban J connectivity index is 1.90. The molecule has 2 aromatic rings. The molecule has 1 aromatic heterocycles. The first kappa shape index (κ1) is 22.4. The minimum atomic E-state index is -0.831. The zero-order chi connectivity index (χ0) is 22.9. The fourth-order valence-corrected chi connectivity index (χ4v) is 3.47. The number of nitrogens with zero attached hydrogens (tertiary/aromatic N) is 4. The van der Waals surface area contributed by atoms with Crippen LogP contribution in [0.3, 0.4) is 0 Å². The molecule has 2 amide bonds. The van der Waals surface area contributed by atoms with Crippen LogP contribution in [0.25, 0.3) is 0 Å². The van der Waals surface area contributed by atoms with Gasteiger partial charge in [0.1, 0.15) is 11.6 Å². The predicted molar refractivity (Wildman–Crippen MR) is 111 cm³/mol. The van der Waals surface area contributed by atoms with E-state index >= 15 is 0 Å². The molecule has 0 bridgehead atoms. The van der Waals surface area contributed by atoms with Crippen molar-refractivity contribution in [2.75, 3.05) is 27.2 Å². The number of halogens is 1. The van der Waals surface area contributed by atoms with Gasteiger partial charge in [0.25, 0.3) is 11.5 Å². The van der Waals surface area contributed by atoms with Crippen LogP contribution in [-0.4, -0.2) is 63.5 Å². The number of likely N-dealkylation sites (N-methyl/N-ethyl adjacent to an activating group) is 1. The topological polar surface area (TPSA) is 108 Å². The van der Waals surface area contributed by atoms with Crippen LogP contribution in [0, 0.1) is 5.82 Å². The summed E-state index contributed by atoms with van der Waals surface area (Å²) in [6, 6.07) is 5.59. The summed E-state index contributed by atoms with van der Waals surface area (Å²) < 4.78 is 14.4. The molecule has 0 fully saturated rings. The van der Waals surface area contributed by atoms with E-state index in [0.29, 0.717) is 17.9 Å². The summed E-state index contributed by atoms with van der Waals surface area (Å²) in [4.78, 5) is 45.3. The van der Waals surface area contributed by atoms with E-state index in [0.717, 1.165) is 0 Å². The van der Waals surface area contributed by atoms with E-state index < -0.39 is 28.6 Å². The van der Waals surface area contributed by atoms with Gasteiger partial charge in [-0.3, -0.25) is 23.9 Å². The van der Waals surface area contributed by atoms with Crippen LogP contribution in [0.15, 0.2) is 29.1 Å². The molecular formula is C21H26FN5O4. The number of amides is 2. The molecule has 0 aliphatic carbocycles. The maximum Gasteiger partial charge on any atom is 0.296 e. The lowest BCUT2D eigenvalue weighted by Gasteiger charge is -2.43. The number of hydrogen-bond acceptors (Lipinski definition) is 6. The highest BCUT2D eigenvalue weighted by atomic mass is 19.1. The van der Waals surface area contributed by atoms with E-state index in [-0.39, 0.29) is 31.2 Å². The lowest BCUT2D eigenvalue weighted by atomic mass is 9.98. The molecule has 0 radical (unpaired) electrons. The number of nitrogens with one attached hydrogen (secondary N) is 1. The van der Waals surface area contributed by atoms with Crippen molar-refractivity contribution in [1.29, 1.82) is 0 Å². The SMILES string of the molecule is CN(C)C(=O)CN1CCn2c(nc(C(=O)NCc3ccc(F)cc3)c(O)c2=O)C1(C)C. The van der Waals surface area contributed by atoms with E-state index in [4.69, 9.17) is 0 Å². The number of carbonyl (C=O) groups excluding carboxylic acids is 2. The quantitative estimate of drug-likeness (QED) is 0.720. The first-order chi connectivity index (χ1) is 14.5. The summed E-state index contributed by atoms with van der Waals surface area (Å²) in [6.45, 7) is 4.47. The Kier molecular flexibility index (Phi) is 6.12. The lowest BCUT2D eigenvalue weighted by Crippen LogP contribution is -2.55. The van der Waals surface area contributed by atoms with Gasteiger partial charge in [-0.05, 0) is 31.5 Å². The number of aromatic nitrogens is 2. The average molecular weight is 431 g/mol. The fraction of sp³-hybridized carbons (Fsp3) is 0.429. The van der Waals surface area contributed by atoms with Gasteiger partial charge in [0.05, 0.1) is 12.1 Å². The minimum Gasteiger partial charge on any atom is -0.501 e. The van der Waals surface area contributed by atoms with E-state index in [2.05, 4.69) is 10.3 Å². The predicted octanol–water partition coefficient (Wildman–Crippen LogP) is 0.657. The number of benzene rings is 1. The molecule has 1 aliphatic heterocycles. The van der Waals surface area contributed by atoms with Crippen molar-refractivity contribution < 1.29 is 19.1 Å². The van der Waals surface area contributed by atoms with Crippen molar-refractivity contribution in [2.24, 2.45) is 0 Å². The molecule has 2 N–H and O–H groups in total. The molecule has 10 heteroatoms. The van der Waals surface area contributed by atoms with Crippen LogP contribution in [-0.2, 0) is 23.4 Å². The van der Waals surface area contributed by atoms with Gasteiger partial charge < -0.3 is 15.3 Å². The number of hydrogen-bond donors (Lipinski definition) is 2. The molecule has 0 unspecified atom stereocenters. The Morgan fingerprint density at radius 1 is 1.23 bits per heavy atom. The zero-order valence-corrected chi connectivity index (χ0v) is 18.0. The maximum atomic E-state index is 13.0. The normalized spacial score (nSPS) is 15.3. The van der Waals surface area contributed by atoms with Gasteiger partial charge in [-0.1, -0.05) is 12.1 Å². The highest BCUT2D eigenvalue weighted by molar-refractivity contribution is 5.94. The van der Waals surface area contributed by atoms with E-state index in [9.17, 15) is 23.9 Å². The van der Waals surface area contributed by atoms with Gasteiger partial charge >= 0.3 is 0 Å². The van der Waals surface area contributed by atoms with E-state index in [1.807, 2.05) is 18.7 Å². The third kappa shape index (κ3) is 4.43. The van der Waals surface area contributed by atoms with E-state index in [1.54, 1.807) is 14.1 Å². The van der Waals surface area contributed by atoms with Crippen molar-refractivity contribution in [3.63, 3.8) is 0 Å². The smallest absolute Gasteiger partial charge is 0.296 e. The van der Waals surface area contributed by atoms with Crippen molar-refractivity contribution in [1.82, 2.24) is 24.7 Å². The van der Waals surface area contributed by atoms with Gasteiger partial charge in [0.15, 0.2) is 5.69 Å². The second-order valence-electron chi connectivity index (χ2n) is 8.17. The van der Waals surface area contributed by atoms with Crippen molar-refractivity contribution >= 4 is 11.8 Å². The molecule has 31 heavy (non-hydrogen) atoms. The van der Waals surface area contributed by atoms with Gasteiger partial charge in [0, 0.05) is 33.7 Å². The first-order valence-electron chi connectivity index (χ1n) is 9.84. The molecular weight excluding hydrogens is 405 g/mol. The highest BCUT2D eigenvalue weighted by Crippen LogP contribution is 2.30. The second-order valence-corrected chi connectivity index (χ2v) is 8.17. The van der Waals surface area contributed by atoms with Gasteiger partial charge in [-0.15, -0.1) is 0 Å². The molecule has 0 spiro atoms. The first-order valence-corrected chi connectivity index (χ1v) is 9.84. The van der Waals surface area contributed by atoms with Gasteiger partial charge in [-0.25, -0.2) is 9.37 Å². The monoisotopic (exact) mass is 431 g/mol. The Hall–Kier alpha value is -3.27. The van der Waals surface area contributed by atoms with Crippen LogP contribution in [0.1, 0.15) is 35.7 Å². The molecule has 1 aliphatic rings. The van der Waals surface area contributed by atoms with Crippen LogP contribution in [0.5, 0.6) is 5.75 Å². The fourth-order valence-electron chi connectivity index (χ4n) is 3.47. The Morgan fingerprint density at radius 2 is 1.87 bits per heavy atom. The van der Waals surface area contributed by atoms with Crippen LogP contribution in [0.2, 0.25) is 0 Å². The maximum absolute atomic E-state index is 13.0. The van der Waals surface area contributed by atoms with Crippen molar-refractivity contribution in [2.45, 2.75) is 32.5 Å². The highest BCUT2D eigenvalue weighted by Gasteiger charge is 2.39. The Bertz CT molecular complexity index is 1060. The van der Waals surface area contributed by atoms with Gasteiger partial charge in [-0.2, -0.15) is 0 Å². The van der Waals surface area contributed by atoms with Crippen LogP contribution < -0.4 is 10.9 Å². The minimum absolute atomic E-state index is 0.0749. The summed E-state index contributed by atoms with van der Waals surface area (Å²) in [6.07, 6.45) is 0.